The molecule has 1 atom stereocenters. The van der Waals surface area contributed by atoms with Gasteiger partial charge in [0, 0.05) is 24.5 Å². The molecule has 138 valence electrons. The number of ether oxygens (including phenoxy) is 1. The fraction of sp³-hybridized carbons (Fsp3) is 0.500. The molecular weight excluding hydrogens is 345 g/mol. The number of alkyl halides is 5. The largest absolute Gasteiger partial charge is 0.431 e. The van der Waals surface area contributed by atoms with Crippen LogP contribution in [0.5, 0.6) is 5.75 Å². The minimum absolute atomic E-state index is 0.0792. The molecule has 0 fully saturated rings. The standard InChI is InChI=1S/C16H18F5N3O/c1-4-13-22-7-10(3)24(13)14-12(25-15(17)18)6-11(8-23-14)5-9(2)16(19,20)21/h6-9,15H,4-5H2,1-3H3. The summed E-state index contributed by atoms with van der Waals surface area (Å²) in [7, 11) is 0. The maximum absolute atomic E-state index is 12.8. The number of hydrogen-bond donors (Lipinski definition) is 0. The molecule has 1 unspecified atom stereocenters. The molecule has 0 aliphatic rings. The summed E-state index contributed by atoms with van der Waals surface area (Å²) in [4.78, 5) is 8.24. The molecule has 0 N–H and O–H groups in total. The van der Waals surface area contributed by atoms with Crippen molar-refractivity contribution in [2.75, 3.05) is 0 Å². The lowest BCUT2D eigenvalue weighted by Gasteiger charge is -2.18. The van der Waals surface area contributed by atoms with E-state index in [4.69, 9.17) is 0 Å². The SMILES string of the molecule is CCc1ncc(C)n1-c1ncc(CC(C)C(F)(F)F)cc1OC(F)F. The van der Waals surface area contributed by atoms with E-state index in [0.29, 0.717) is 17.9 Å². The first-order chi connectivity index (χ1) is 11.6. The first kappa shape index (κ1) is 19.1. The summed E-state index contributed by atoms with van der Waals surface area (Å²) in [5, 5.41) is 0. The van der Waals surface area contributed by atoms with Crippen molar-refractivity contribution in [1.29, 1.82) is 0 Å². The van der Waals surface area contributed by atoms with E-state index in [1.54, 1.807) is 17.7 Å². The lowest BCUT2D eigenvalue weighted by atomic mass is 10.0. The summed E-state index contributed by atoms with van der Waals surface area (Å²) in [6.45, 7) is 1.46. The topological polar surface area (TPSA) is 39.9 Å². The predicted octanol–water partition coefficient (Wildman–Crippen LogP) is 4.48. The molecule has 2 rings (SSSR count). The molecule has 0 bridgehead atoms. The lowest BCUT2D eigenvalue weighted by Crippen LogP contribution is -2.22. The van der Waals surface area contributed by atoms with Gasteiger partial charge in [0.2, 0.25) is 0 Å². The van der Waals surface area contributed by atoms with Crippen LogP contribution in [0.3, 0.4) is 0 Å². The molecule has 4 nitrogen and oxygen atoms in total. The fourth-order valence-corrected chi connectivity index (χ4v) is 2.44. The fourth-order valence-electron chi connectivity index (χ4n) is 2.44. The van der Waals surface area contributed by atoms with E-state index in [1.165, 1.54) is 12.3 Å². The van der Waals surface area contributed by atoms with Crippen LogP contribution in [0, 0.1) is 12.8 Å². The summed E-state index contributed by atoms with van der Waals surface area (Å²) < 4.78 is 69.7. The Morgan fingerprint density at radius 2 is 1.88 bits per heavy atom. The van der Waals surface area contributed by atoms with Crippen LogP contribution < -0.4 is 4.74 Å². The van der Waals surface area contributed by atoms with E-state index >= 15 is 0 Å². The average molecular weight is 363 g/mol. The van der Waals surface area contributed by atoms with Gasteiger partial charge in [0.05, 0.1) is 5.92 Å². The van der Waals surface area contributed by atoms with Gasteiger partial charge in [0.25, 0.3) is 0 Å². The molecule has 25 heavy (non-hydrogen) atoms. The van der Waals surface area contributed by atoms with Gasteiger partial charge < -0.3 is 4.74 Å². The first-order valence-corrected chi connectivity index (χ1v) is 7.67. The maximum Gasteiger partial charge on any atom is 0.391 e. The highest BCUT2D eigenvalue weighted by molar-refractivity contribution is 5.44. The van der Waals surface area contributed by atoms with Crippen LogP contribution in [0.4, 0.5) is 22.0 Å². The molecule has 0 saturated heterocycles. The Morgan fingerprint density at radius 1 is 1.20 bits per heavy atom. The first-order valence-electron chi connectivity index (χ1n) is 7.67. The Morgan fingerprint density at radius 3 is 2.44 bits per heavy atom. The molecule has 0 spiro atoms. The van der Waals surface area contributed by atoms with E-state index in [0.717, 1.165) is 6.92 Å². The quantitative estimate of drug-likeness (QED) is 0.711. The minimum atomic E-state index is -4.38. The minimum Gasteiger partial charge on any atom is -0.431 e. The van der Waals surface area contributed by atoms with Gasteiger partial charge in [-0.25, -0.2) is 9.97 Å². The molecule has 0 aromatic carbocycles. The normalized spacial score (nSPS) is 13.3. The van der Waals surface area contributed by atoms with E-state index in [1.807, 2.05) is 6.92 Å². The molecule has 9 heteroatoms. The van der Waals surface area contributed by atoms with Crippen LogP contribution in [-0.2, 0) is 12.8 Å². The Labute approximate surface area is 141 Å². The molecule has 0 aliphatic carbocycles. The number of nitrogens with zero attached hydrogens (tertiary/aromatic N) is 3. The average Bonchev–Trinajstić information content (AvgIpc) is 2.87. The van der Waals surface area contributed by atoms with Crippen molar-refractivity contribution in [3.8, 4) is 11.6 Å². The number of imidazole rings is 1. The monoisotopic (exact) mass is 363 g/mol. The van der Waals surface area contributed by atoms with Crippen LogP contribution in [-0.4, -0.2) is 27.3 Å². The number of hydrogen-bond acceptors (Lipinski definition) is 3. The Hall–Kier alpha value is -2.19. The van der Waals surface area contributed by atoms with E-state index in [-0.39, 0.29) is 23.6 Å². The molecule has 2 aromatic heterocycles. The van der Waals surface area contributed by atoms with Gasteiger partial charge in [-0.1, -0.05) is 13.8 Å². The molecule has 2 heterocycles. The molecule has 0 radical (unpaired) electrons. The van der Waals surface area contributed by atoms with Crippen molar-refractivity contribution in [2.24, 2.45) is 5.92 Å². The van der Waals surface area contributed by atoms with Crippen molar-refractivity contribution in [2.45, 2.75) is 46.4 Å². The van der Waals surface area contributed by atoms with Crippen LogP contribution in [0.1, 0.15) is 30.9 Å². The van der Waals surface area contributed by atoms with Crippen molar-refractivity contribution in [1.82, 2.24) is 14.5 Å². The second kappa shape index (κ2) is 7.37. The second-order valence-corrected chi connectivity index (χ2v) is 5.70. The number of aryl methyl sites for hydroxylation is 2. The van der Waals surface area contributed by atoms with Gasteiger partial charge >= 0.3 is 12.8 Å². The van der Waals surface area contributed by atoms with Crippen LogP contribution in [0.25, 0.3) is 5.82 Å². The summed E-state index contributed by atoms with van der Waals surface area (Å²) in [6.07, 6.45) is -1.42. The Bertz CT molecular complexity index is 727. The van der Waals surface area contributed by atoms with Gasteiger partial charge in [-0.3, -0.25) is 4.57 Å². The molecule has 0 amide bonds. The van der Waals surface area contributed by atoms with Crippen molar-refractivity contribution < 1.29 is 26.7 Å². The zero-order valence-electron chi connectivity index (χ0n) is 13.9. The highest BCUT2D eigenvalue weighted by Crippen LogP contribution is 2.31. The summed E-state index contributed by atoms with van der Waals surface area (Å²) in [5.41, 5.74) is 0.819. The second-order valence-electron chi connectivity index (χ2n) is 5.70. The molecule has 0 saturated carbocycles. The third kappa shape index (κ3) is 4.46. The van der Waals surface area contributed by atoms with Crippen molar-refractivity contribution in [3.63, 3.8) is 0 Å². The van der Waals surface area contributed by atoms with Gasteiger partial charge in [0.15, 0.2) is 11.6 Å². The highest BCUT2D eigenvalue weighted by atomic mass is 19.4. The highest BCUT2D eigenvalue weighted by Gasteiger charge is 2.36. The molecule has 2 aromatic rings. The van der Waals surface area contributed by atoms with Crippen LogP contribution >= 0.6 is 0 Å². The maximum atomic E-state index is 12.8. The van der Waals surface area contributed by atoms with Gasteiger partial charge in [-0.2, -0.15) is 22.0 Å². The third-order valence-corrected chi connectivity index (χ3v) is 3.75. The predicted molar refractivity (Wildman–Crippen MR) is 81.0 cm³/mol. The summed E-state index contributed by atoms with van der Waals surface area (Å²) in [6, 6.07) is 1.18. The van der Waals surface area contributed by atoms with Crippen LogP contribution in [0.15, 0.2) is 18.5 Å². The number of pyridine rings is 1. The smallest absolute Gasteiger partial charge is 0.391 e. The summed E-state index contributed by atoms with van der Waals surface area (Å²) >= 11 is 0. The van der Waals surface area contributed by atoms with Crippen LogP contribution in [0.2, 0.25) is 0 Å². The summed E-state index contributed by atoms with van der Waals surface area (Å²) in [5.74, 6) is -1.24. The van der Waals surface area contributed by atoms with Gasteiger partial charge in [0.1, 0.15) is 5.82 Å². The van der Waals surface area contributed by atoms with E-state index in [2.05, 4.69) is 14.7 Å². The zero-order valence-corrected chi connectivity index (χ0v) is 13.9. The van der Waals surface area contributed by atoms with Crippen molar-refractivity contribution in [3.05, 3.63) is 35.5 Å². The number of halogens is 5. The Balaban J connectivity index is 2.46. The molecular formula is C16H18F5N3O. The van der Waals surface area contributed by atoms with Gasteiger partial charge in [-0.05, 0) is 25.0 Å². The Kier molecular flexibility index (Phi) is 5.64. The number of aromatic nitrogens is 3. The zero-order chi connectivity index (χ0) is 18.8. The van der Waals surface area contributed by atoms with Crippen molar-refractivity contribution >= 4 is 0 Å². The number of rotatable bonds is 6. The van der Waals surface area contributed by atoms with Gasteiger partial charge in [-0.15, -0.1) is 0 Å². The van der Waals surface area contributed by atoms with E-state index < -0.39 is 18.7 Å². The molecule has 0 aliphatic heterocycles. The third-order valence-electron chi connectivity index (χ3n) is 3.75. The lowest BCUT2D eigenvalue weighted by molar-refractivity contribution is -0.169. The van der Waals surface area contributed by atoms with E-state index in [9.17, 15) is 22.0 Å².